The number of nitrogens with two attached hydrogens (primary N) is 1. The molecule has 7 amide bonds. The summed E-state index contributed by atoms with van der Waals surface area (Å²) in [6.45, 7) is 9.53. The van der Waals surface area contributed by atoms with Crippen LogP contribution in [0.15, 0.2) is 18.2 Å². The number of amides is 7. The van der Waals surface area contributed by atoms with Gasteiger partial charge in [-0.2, -0.15) is 9.37 Å². The first-order chi connectivity index (χ1) is 29.0. The molecule has 9 rings (SSSR count). The summed E-state index contributed by atoms with van der Waals surface area (Å²) < 4.78 is 1.94. The largest absolute Gasteiger partial charge is 0.493 e. The van der Waals surface area contributed by atoms with Crippen molar-refractivity contribution in [3.63, 3.8) is 0 Å². The van der Waals surface area contributed by atoms with Crippen molar-refractivity contribution in [3.05, 3.63) is 29.3 Å². The number of likely N-dealkylation sites (N-methyl/N-ethyl adjacent to an activating group) is 1. The summed E-state index contributed by atoms with van der Waals surface area (Å²) in [5, 5.41) is 17.0. The number of imide groups is 2. The Labute approximate surface area is 350 Å². The van der Waals surface area contributed by atoms with E-state index in [1.165, 1.54) is 5.71 Å². The summed E-state index contributed by atoms with van der Waals surface area (Å²) in [4.78, 5) is 86.0. The van der Waals surface area contributed by atoms with Crippen LogP contribution >= 0.6 is 0 Å². The molecule has 1 aromatic carbocycles. The molecule has 18 heteroatoms. The average molecular weight is 830 g/mol. The molecule has 18 nitrogen and oxygen atoms in total. The van der Waals surface area contributed by atoms with Gasteiger partial charge in [-0.15, -0.1) is 0 Å². The number of benzene rings is 1. The Morgan fingerprint density at radius 1 is 0.900 bits per heavy atom. The van der Waals surface area contributed by atoms with Gasteiger partial charge in [-0.25, -0.2) is 4.90 Å². The Morgan fingerprint density at radius 2 is 1.72 bits per heavy atom. The number of hydrogen-bond donors (Lipinski definition) is 6. The lowest BCUT2D eigenvalue weighted by molar-refractivity contribution is -0.414. The molecule has 60 heavy (non-hydrogen) atoms. The van der Waals surface area contributed by atoms with E-state index in [0.717, 1.165) is 121 Å². The molecule has 324 valence electrons. The molecule has 5 unspecified atom stereocenters. The number of anilines is 1. The molecule has 8 aliphatic heterocycles. The number of hydrogen-bond acceptors (Lipinski definition) is 13. The first kappa shape index (κ1) is 41.0. The van der Waals surface area contributed by atoms with Gasteiger partial charge in [-0.05, 0) is 88.1 Å². The second-order valence-corrected chi connectivity index (χ2v) is 18.3. The lowest BCUT2D eigenvalue weighted by atomic mass is 9.83. The van der Waals surface area contributed by atoms with Crippen LogP contribution in [0.5, 0.6) is 0 Å². The van der Waals surface area contributed by atoms with Crippen LogP contribution < -0.4 is 37.2 Å². The van der Waals surface area contributed by atoms with Crippen LogP contribution in [0.1, 0.15) is 78.5 Å². The van der Waals surface area contributed by atoms with Crippen molar-refractivity contribution < 1.29 is 33.3 Å². The third-order valence-electron chi connectivity index (χ3n) is 14.5. The number of carbonyl (C=O) groups is 6. The van der Waals surface area contributed by atoms with E-state index in [1.54, 1.807) is 17.0 Å². The van der Waals surface area contributed by atoms with E-state index in [4.69, 9.17) is 5.73 Å². The zero-order chi connectivity index (χ0) is 41.7. The van der Waals surface area contributed by atoms with Gasteiger partial charge in [0.2, 0.25) is 17.7 Å². The van der Waals surface area contributed by atoms with Crippen LogP contribution in [0.3, 0.4) is 0 Å². The van der Waals surface area contributed by atoms with Crippen molar-refractivity contribution in [3.8, 4) is 0 Å². The molecule has 7 atom stereocenters. The number of piperazine rings is 1. The second-order valence-electron chi connectivity index (χ2n) is 18.3. The van der Waals surface area contributed by atoms with Gasteiger partial charge in [0.25, 0.3) is 11.8 Å². The van der Waals surface area contributed by atoms with Crippen LogP contribution in [-0.4, -0.2) is 181 Å². The van der Waals surface area contributed by atoms with Crippen LogP contribution in [0.2, 0.25) is 0 Å². The number of nitrogens with zero attached hydrogens (tertiary/aromatic N) is 6. The van der Waals surface area contributed by atoms with Gasteiger partial charge in [0.05, 0.1) is 42.8 Å². The molecule has 7 saturated heterocycles. The Bertz CT molecular complexity index is 1930. The van der Waals surface area contributed by atoms with E-state index in [9.17, 15) is 28.8 Å². The summed E-state index contributed by atoms with van der Waals surface area (Å²) in [7, 11) is 1.86. The van der Waals surface area contributed by atoms with Crippen molar-refractivity contribution in [2.24, 2.45) is 17.6 Å². The average Bonchev–Trinajstić information content (AvgIpc) is 3.93. The minimum atomic E-state index is -0.966. The lowest BCUT2D eigenvalue weighted by Crippen LogP contribution is -2.74. The molecular formula is C42H61N12O6+. The predicted octanol–water partition coefficient (Wildman–Crippen LogP) is -1.35. The van der Waals surface area contributed by atoms with Crippen molar-refractivity contribution in [2.75, 3.05) is 83.9 Å². The minimum Gasteiger partial charge on any atom is -0.371 e. The summed E-state index contributed by atoms with van der Waals surface area (Å²) in [5.74, 6) is -1.18. The SMILES string of the molecule is CN1CC/[N+](=C2/CCCN(C3CNC(C(N)=O)C(NC4CCC(C5CCN(C[C@H]6CCN(c7ccc8c(c7)C(=O)N([C@@H]7CCC(=O)NC7=O)C8=O)C6)CC5)NC4)N3)C2)C1=O. The van der Waals surface area contributed by atoms with Gasteiger partial charge in [-0.1, -0.05) is 0 Å². The van der Waals surface area contributed by atoms with E-state index in [-0.39, 0.29) is 49.1 Å². The van der Waals surface area contributed by atoms with E-state index in [1.807, 2.05) is 17.7 Å². The normalized spacial score (nSPS) is 33.9. The van der Waals surface area contributed by atoms with Crippen LogP contribution in [0.25, 0.3) is 0 Å². The van der Waals surface area contributed by atoms with E-state index in [2.05, 4.69) is 41.3 Å². The molecule has 8 aliphatic rings. The summed E-state index contributed by atoms with van der Waals surface area (Å²) >= 11 is 0. The molecule has 0 saturated carbocycles. The molecule has 0 aromatic heterocycles. The number of rotatable bonds is 9. The Kier molecular flexibility index (Phi) is 11.8. The number of carbonyl (C=O) groups excluding carboxylic acids is 6. The fraction of sp³-hybridized carbons (Fsp3) is 0.690. The van der Waals surface area contributed by atoms with Crippen molar-refractivity contribution >= 4 is 47.0 Å². The molecular weight excluding hydrogens is 769 g/mol. The van der Waals surface area contributed by atoms with Gasteiger partial charge >= 0.3 is 6.03 Å². The topological polar surface area (TPSA) is 208 Å². The molecule has 7 N–H and O–H groups in total. The van der Waals surface area contributed by atoms with Gasteiger partial charge in [-0.3, -0.25) is 49.7 Å². The zero-order valence-corrected chi connectivity index (χ0v) is 34.7. The highest BCUT2D eigenvalue weighted by atomic mass is 16.2. The minimum absolute atomic E-state index is 0.0159. The number of fused-ring (bicyclic) bond motifs is 1. The van der Waals surface area contributed by atoms with Gasteiger partial charge < -0.3 is 26.2 Å². The third kappa shape index (κ3) is 8.21. The summed E-state index contributed by atoms with van der Waals surface area (Å²) in [6, 6.07) is 4.69. The number of urea groups is 1. The number of nitrogens with one attached hydrogen (secondary N) is 5. The maximum Gasteiger partial charge on any atom is 0.493 e. The molecule has 0 spiro atoms. The smallest absolute Gasteiger partial charge is 0.371 e. The summed E-state index contributed by atoms with van der Waals surface area (Å²) in [6.07, 6.45) is 7.35. The van der Waals surface area contributed by atoms with Crippen LogP contribution in [0.4, 0.5) is 10.5 Å². The fourth-order valence-electron chi connectivity index (χ4n) is 11.1. The molecule has 0 bridgehead atoms. The van der Waals surface area contributed by atoms with Crippen molar-refractivity contribution in [2.45, 2.75) is 94.3 Å². The van der Waals surface area contributed by atoms with Crippen LogP contribution in [-0.2, 0) is 14.4 Å². The maximum atomic E-state index is 13.4. The Morgan fingerprint density at radius 3 is 2.45 bits per heavy atom. The molecule has 0 aliphatic carbocycles. The maximum absolute atomic E-state index is 13.4. The van der Waals surface area contributed by atoms with Gasteiger partial charge in [0.1, 0.15) is 25.2 Å². The van der Waals surface area contributed by atoms with Crippen molar-refractivity contribution in [1.29, 1.82) is 0 Å². The Balaban J connectivity index is 0.720. The zero-order valence-electron chi connectivity index (χ0n) is 34.7. The van der Waals surface area contributed by atoms with Crippen LogP contribution in [0, 0.1) is 11.8 Å². The molecule has 1 aromatic rings. The molecule has 0 radical (unpaired) electrons. The van der Waals surface area contributed by atoms with Gasteiger partial charge in [0, 0.05) is 69.9 Å². The molecule has 7 fully saturated rings. The highest BCUT2D eigenvalue weighted by molar-refractivity contribution is 6.23. The quantitative estimate of drug-likeness (QED) is 0.126. The number of likely N-dealkylation sites (tertiary alicyclic amines) is 2. The lowest BCUT2D eigenvalue weighted by Gasteiger charge is -2.45. The number of piperidine rings is 4. The first-order valence-corrected chi connectivity index (χ1v) is 22.2. The van der Waals surface area contributed by atoms with Gasteiger partial charge in [0.15, 0.2) is 0 Å². The molecule has 8 heterocycles. The summed E-state index contributed by atoms with van der Waals surface area (Å²) in [5.41, 5.74) is 8.60. The monoisotopic (exact) mass is 829 g/mol. The van der Waals surface area contributed by atoms with E-state index in [0.29, 0.717) is 35.5 Å². The second kappa shape index (κ2) is 17.2. The Hall–Kier alpha value is -4.33. The highest BCUT2D eigenvalue weighted by Gasteiger charge is 2.45. The van der Waals surface area contributed by atoms with E-state index >= 15 is 0 Å². The first-order valence-electron chi connectivity index (χ1n) is 22.2. The highest BCUT2D eigenvalue weighted by Crippen LogP contribution is 2.34. The number of primary amides is 1. The third-order valence-corrected chi connectivity index (χ3v) is 14.5. The standard InChI is InChI=1S/C42H60N12O6/c1-49-17-18-53(42(49)60)29-3-2-13-52(24-29)34-21-45-36(37(43)56)38(47-34)46-27-4-7-32(44-20-27)26-11-14-50(15-12-26)22-25-10-16-51(23-25)28-5-6-30-31(19-28)41(59)54(40(30)58)33-8-9-35(55)48-39(33)57/h5-6,19,25-27,32-34,36,38,44-47H,2-4,7-18,20-24H2,1H3,(H2-,43,48,55,56,57)/p+1/b53-29+/t25-,27?,32?,33-,34?,36?,38?/m1/s1. The fourth-order valence-corrected chi connectivity index (χ4v) is 11.1. The van der Waals surface area contributed by atoms with E-state index < -0.39 is 29.8 Å². The predicted molar refractivity (Wildman–Crippen MR) is 221 cm³/mol. The van der Waals surface area contributed by atoms with Crippen molar-refractivity contribution in [1.82, 2.24) is 46.2 Å².